The van der Waals surface area contributed by atoms with Gasteiger partial charge >= 0.3 is 0 Å². The van der Waals surface area contributed by atoms with Crippen LogP contribution in [0.5, 0.6) is 0 Å². The largest absolute Gasteiger partial charge is 0.271 e. The summed E-state index contributed by atoms with van der Waals surface area (Å²) < 4.78 is 0. The van der Waals surface area contributed by atoms with Crippen molar-refractivity contribution in [3.05, 3.63) is 35.4 Å². The van der Waals surface area contributed by atoms with E-state index < -0.39 is 0 Å². The highest BCUT2D eigenvalue weighted by Crippen LogP contribution is 2.27. The molecule has 1 aliphatic heterocycles. The summed E-state index contributed by atoms with van der Waals surface area (Å²) >= 11 is 2.09. The molecule has 0 bridgehead atoms. The van der Waals surface area contributed by atoms with Crippen LogP contribution in [0.4, 0.5) is 0 Å². The summed E-state index contributed by atoms with van der Waals surface area (Å²) in [6.07, 6.45) is 4.96. The lowest BCUT2D eigenvalue weighted by molar-refractivity contribution is 0.365. The Kier molecular flexibility index (Phi) is 6.40. The van der Waals surface area contributed by atoms with Crippen molar-refractivity contribution in [2.24, 2.45) is 11.8 Å². The zero-order valence-electron chi connectivity index (χ0n) is 12.8. The van der Waals surface area contributed by atoms with Gasteiger partial charge in [0.2, 0.25) is 0 Å². The smallest absolute Gasteiger partial charge is 0.0253 e. The van der Waals surface area contributed by atoms with Gasteiger partial charge in [-0.1, -0.05) is 38.1 Å². The Morgan fingerprint density at radius 2 is 1.85 bits per heavy atom. The molecule has 0 spiro atoms. The lowest BCUT2D eigenvalue weighted by Crippen LogP contribution is -2.38. The molecule has 0 saturated carbocycles. The molecular weight excluding hydrogens is 264 g/mol. The number of hydrazine groups is 1. The average Bonchev–Trinajstić information content (AvgIpc) is 2.48. The number of rotatable bonds is 6. The standard InChI is InChI=1S/C17H28N2S/c1-13(2)16-5-3-14(4-6-16)11-17(19-18)12-15-7-9-20-10-8-15/h3-6,13,15,17,19H,7-12,18H2,1-2H3. The summed E-state index contributed by atoms with van der Waals surface area (Å²) in [4.78, 5) is 0. The van der Waals surface area contributed by atoms with Gasteiger partial charge in [0.1, 0.15) is 0 Å². The fraction of sp³-hybridized carbons (Fsp3) is 0.647. The van der Waals surface area contributed by atoms with E-state index in [9.17, 15) is 0 Å². The van der Waals surface area contributed by atoms with Crippen molar-refractivity contribution < 1.29 is 0 Å². The van der Waals surface area contributed by atoms with Crippen LogP contribution in [-0.4, -0.2) is 17.5 Å². The Morgan fingerprint density at radius 3 is 2.40 bits per heavy atom. The Hall–Kier alpha value is -0.510. The van der Waals surface area contributed by atoms with Crippen molar-refractivity contribution >= 4 is 11.8 Å². The molecule has 112 valence electrons. The van der Waals surface area contributed by atoms with E-state index in [1.54, 1.807) is 0 Å². The first-order chi connectivity index (χ1) is 9.69. The lowest BCUT2D eigenvalue weighted by atomic mass is 9.91. The van der Waals surface area contributed by atoms with E-state index in [1.807, 2.05) is 0 Å². The Bertz CT molecular complexity index is 382. The SMILES string of the molecule is CC(C)c1ccc(CC(CC2CCSCC2)NN)cc1. The van der Waals surface area contributed by atoms with Crippen molar-refractivity contribution in [2.75, 3.05) is 11.5 Å². The fourth-order valence-corrected chi connectivity index (χ4v) is 4.12. The minimum Gasteiger partial charge on any atom is -0.271 e. The molecule has 3 heteroatoms. The number of nitrogens with one attached hydrogen (secondary N) is 1. The summed E-state index contributed by atoms with van der Waals surface area (Å²) in [6.45, 7) is 4.47. The van der Waals surface area contributed by atoms with Gasteiger partial charge in [-0.05, 0) is 60.2 Å². The third-order valence-corrected chi connectivity index (χ3v) is 5.37. The van der Waals surface area contributed by atoms with Gasteiger partial charge in [-0.15, -0.1) is 0 Å². The topological polar surface area (TPSA) is 38.0 Å². The lowest BCUT2D eigenvalue weighted by Gasteiger charge is -2.26. The summed E-state index contributed by atoms with van der Waals surface area (Å²) in [5.74, 6) is 9.87. The first-order valence-corrected chi connectivity index (χ1v) is 8.97. The molecule has 1 atom stereocenters. The molecule has 1 saturated heterocycles. The van der Waals surface area contributed by atoms with Crippen LogP contribution in [0.1, 0.15) is 50.2 Å². The molecule has 3 N–H and O–H groups in total. The monoisotopic (exact) mass is 292 g/mol. The van der Waals surface area contributed by atoms with Crippen LogP contribution in [0.15, 0.2) is 24.3 Å². The molecule has 1 unspecified atom stereocenters. The van der Waals surface area contributed by atoms with Crippen molar-refractivity contribution in [3.63, 3.8) is 0 Å². The number of hydrogen-bond acceptors (Lipinski definition) is 3. The third-order valence-electron chi connectivity index (χ3n) is 4.32. The minimum absolute atomic E-state index is 0.410. The van der Waals surface area contributed by atoms with Gasteiger partial charge in [-0.25, -0.2) is 0 Å². The number of nitrogens with two attached hydrogens (primary N) is 1. The van der Waals surface area contributed by atoms with E-state index in [4.69, 9.17) is 5.84 Å². The molecule has 1 aromatic rings. The van der Waals surface area contributed by atoms with Gasteiger partial charge in [0.15, 0.2) is 0 Å². The second kappa shape index (κ2) is 8.06. The van der Waals surface area contributed by atoms with Crippen LogP contribution in [-0.2, 0) is 6.42 Å². The predicted octanol–water partition coefficient (Wildman–Crippen LogP) is 3.72. The molecule has 1 heterocycles. The average molecular weight is 292 g/mol. The van der Waals surface area contributed by atoms with Crippen molar-refractivity contribution in [1.82, 2.24) is 5.43 Å². The van der Waals surface area contributed by atoms with Crippen LogP contribution in [0, 0.1) is 5.92 Å². The van der Waals surface area contributed by atoms with E-state index in [-0.39, 0.29) is 0 Å². The zero-order valence-corrected chi connectivity index (χ0v) is 13.6. The molecule has 2 nitrogen and oxygen atoms in total. The van der Waals surface area contributed by atoms with Crippen LogP contribution >= 0.6 is 11.8 Å². The first kappa shape index (κ1) is 15.9. The molecule has 0 radical (unpaired) electrons. The van der Waals surface area contributed by atoms with Crippen molar-refractivity contribution in [2.45, 2.75) is 51.5 Å². The van der Waals surface area contributed by atoms with Crippen LogP contribution in [0.2, 0.25) is 0 Å². The summed E-state index contributed by atoms with van der Waals surface area (Å²) in [7, 11) is 0. The molecule has 0 aliphatic carbocycles. The minimum atomic E-state index is 0.410. The Labute approximate surface area is 127 Å². The van der Waals surface area contributed by atoms with Crippen LogP contribution < -0.4 is 11.3 Å². The second-order valence-electron chi connectivity index (χ2n) is 6.26. The maximum absolute atomic E-state index is 5.76. The molecule has 1 aromatic carbocycles. The molecule has 2 rings (SSSR count). The number of thioether (sulfide) groups is 1. The maximum Gasteiger partial charge on any atom is 0.0253 e. The van der Waals surface area contributed by atoms with Crippen molar-refractivity contribution in [3.8, 4) is 0 Å². The molecule has 0 amide bonds. The highest BCUT2D eigenvalue weighted by atomic mass is 32.2. The fourth-order valence-electron chi connectivity index (χ4n) is 2.92. The van der Waals surface area contributed by atoms with Gasteiger partial charge in [0.25, 0.3) is 0 Å². The number of hydrogen-bond donors (Lipinski definition) is 2. The Balaban J connectivity index is 1.88. The van der Waals surface area contributed by atoms with Gasteiger partial charge in [0, 0.05) is 6.04 Å². The molecule has 0 aromatic heterocycles. The van der Waals surface area contributed by atoms with Crippen LogP contribution in [0.3, 0.4) is 0 Å². The molecular formula is C17H28N2S. The van der Waals surface area contributed by atoms with E-state index in [2.05, 4.69) is 55.3 Å². The molecule has 1 aliphatic rings. The van der Waals surface area contributed by atoms with E-state index in [1.165, 1.54) is 41.9 Å². The van der Waals surface area contributed by atoms with Gasteiger partial charge < -0.3 is 0 Å². The zero-order chi connectivity index (χ0) is 14.4. The van der Waals surface area contributed by atoms with E-state index in [0.717, 1.165) is 12.3 Å². The Morgan fingerprint density at radius 1 is 1.20 bits per heavy atom. The predicted molar refractivity (Wildman–Crippen MR) is 90.0 cm³/mol. The third kappa shape index (κ3) is 4.80. The maximum atomic E-state index is 5.76. The quantitative estimate of drug-likeness (QED) is 0.620. The number of benzene rings is 1. The highest BCUT2D eigenvalue weighted by molar-refractivity contribution is 7.99. The van der Waals surface area contributed by atoms with Crippen LogP contribution in [0.25, 0.3) is 0 Å². The summed E-state index contributed by atoms with van der Waals surface area (Å²) in [6, 6.07) is 9.44. The highest BCUT2D eigenvalue weighted by Gasteiger charge is 2.18. The normalized spacial score (nSPS) is 18.4. The summed E-state index contributed by atoms with van der Waals surface area (Å²) in [5, 5.41) is 0. The van der Waals surface area contributed by atoms with Gasteiger partial charge in [0.05, 0.1) is 0 Å². The summed E-state index contributed by atoms with van der Waals surface area (Å²) in [5.41, 5.74) is 5.83. The molecule has 1 fully saturated rings. The molecule has 20 heavy (non-hydrogen) atoms. The van der Waals surface area contributed by atoms with Gasteiger partial charge in [-0.3, -0.25) is 11.3 Å². The van der Waals surface area contributed by atoms with E-state index >= 15 is 0 Å². The van der Waals surface area contributed by atoms with Crippen molar-refractivity contribution in [1.29, 1.82) is 0 Å². The van der Waals surface area contributed by atoms with E-state index in [0.29, 0.717) is 12.0 Å². The second-order valence-corrected chi connectivity index (χ2v) is 7.48. The first-order valence-electron chi connectivity index (χ1n) is 7.81. The van der Waals surface area contributed by atoms with Gasteiger partial charge in [-0.2, -0.15) is 11.8 Å².